The molecule has 0 spiro atoms. The van der Waals surface area contributed by atoms with E-state index in [1.165, 1.54) is 6.92 Å². The fraction of sp³-hybridized carbons (Fsp3) is 0.0952. The van der Waals surface area contributed by atoms with Crippen LogP contribution in [0.5, 0.6) is 0 Å². The molecule has 0 aliphatic heterocycles. The first-order valence-corrected chi connectivity index (χ1v) is 8.49. The molecule has 2 aromatic carbocycles. The number of nitrogens with one attached hydrogen (secondary N) is 3. The van der Waals surface area contributed by atoms with Gasteiger partial charge in [-0.1, -0.05) is 24.3 Å². The summed E-state index contributed by atoms with van der Waals surface area (Å²) in [5.74, 6) is -0.388. The molecule has 1 heterocycles. The van der Waals surface area contributed by atoms with E-state index in [1.807, 2.05) is 55.5 Å². The van der Waals surface area contributed by atoms with Crippen LogP contribution in [0.2, 0.25) is 0 Å². The minimum absolute atomic E-state index is 0.127. The number of carbonyl (C=O) groups excluding carboxylic acids is 2. The van der Waals surface area contributed by atoms with Gasteiger partial charge < -0.3 is 16.0 Å². The number of aryl methyl sites for hydroxylation is 1. The predicted octanol–water partition coefficient (Wildman–Crippen LogP) is 4.34. The molecule has 0 aliphatic rings. The Bertz CT molecular complexity index is 968. The molecule has 3 N–H and O–H groups in total. The number of benzene rings is 2. The van der Waals surface area contributed by atoms with Gasteiger partial charge in [0.1, 0.15) is 5.69 Å². The van der Waals surface area contributed by atoms with Crippen molar-refractivity contribution >= 4 is 34.6 Å². The second kappa shape index (κ2) is 8.14. The van der Waals surface area contributed by atoms with Crippen LogP contribution >= 0.6 is 0 Å². The summed E-state index contributed by atoms with van der Waals surface area (Å²) in [6, 6.07) is 18.4. The standard InChI is InChI=1S/C21H20N4O2/c1-14-6-3-4-9-19(14)25-21(27)20-11-10-18(13-22-20)24-17-8-5-7-16(12-17)23-15(2)26/h3-13,24H,1-2H3,(H,23,26)(H,25,27). The van der Waals surface area contributed by atoms with Gasteiger partial charge in [0, 0.05) is 24.0 Å². The molecule has 3 rings (SSSR count). The lowest BCUT2D eigenvalue weighted by atomic mass is 10.2. The Labute approximate surface area is 157 Å². The quantitative estimate of drug-likeness (QED) is 0.632. The molecule has 0 radical (unpaired) electrons. The van der Waals surface area contributed by atoms with Crippen LogP contribution in [-0.2, 0) is 4.79 Å². The van der Waals surface area contributed by atoms with Gasteiger partial charge in [0.2, 0.25) is 5.91 Å². The van der Waals surface area contributed by atoms with Crippen molar-refractivity contribution in [2.45, 2.75) is 13.8 Å². The lowest BCUT2D eigenvalue weighted by Crippen LogP contribution is -2.14. The molecule has 6 nitrogen and oxygen atoms in total. The first kappa shape index (κ1) is 18.1. The fourth-order valence-corrected chi connectivity index (χ4v) is 2.55. The number of carbonyl (C=O) groups is 2. The minimum atomic E-state index is -0.261. The van der Waals surface area contributed by atoms with E-state index in [4.69, 9.17) is 0 Å². The molecule has 0 aliphatic carbocycles. The average molecular weight is 360 g/mol. The Hall–Kier alpha value is -3.67. The highest BCUT2D eigenvalue weighted by atomic mass is 16.2. The number of nitrogens with zero attached hydrogens (tertiary/aromatic N) is 1. The smallest absolute Gasteiger partial charge is 0.274 e. The third kappa shape index (κ3) is 4.92. The molecule has 0 saturated carbocycles. The minimum Gasteiger partial charge on any atom is -0.354 e. The monoisotopic (exact) mass is 360 g/mol. The number of hydrogen-bond donors (Lipinski definition) is 3. The molecule has 6 heteroatoms. The highest BCUT2D eigenvalue weighted by molar-refractivity contribution is 6.03. The zero-order valence-electron chi connectivity index (χ0n) is 15.1. The van der Waals surface area contributed by atoms with E-state index in [0.717, 1.165) is 22.6 Å². The highest BCUT2D eigenvalue weighted by Gasteiger charge is 2.09. The summed E-state index contributed by atoms with van der Waals surface area (Å²) in [5, 5.41) is 8.79. The van der Waals surface area contributed by atoms with Crippen molar-refractivity contribution in [1.29, 1.82) is 0 Å². The molecule has 1 aromatic heterocycles. The third-order valence-electron chi connectivity index (χ3n) is 3.86. The number of pyridine rings is 1. The van der Waals surface area contributed by atoms with Crippen LogP contribution < -0.4 is 16.0 Å². The van der Waals surface area contributed by atoms with Crippen molar-refractivity contribution in [3.63, 3.8) is 0 Å². The van der Waals surface area contributed by atoms with E-state index in [-0.39, 0.29) is 11.8 Å². The number of aromatic nitrogens is 1. The van der Waals surface area contributed by atoms with Crippen molar-refractivity contribution in [3.8, 4) is 0 Å². The molecular weight excluding hydrogens is 340 g/mol. The number of hydrogen-bond acceptors (Lipinski definition) is 4. The first-order chi connectivity index (χ1) is 13.0. The highest BCUT2D eigenvalue weighted by Crippen LogP contribution is 2.20. The average Bonchev–Trinajstić information content (AvgIpc) is 2.64. The second-order valence-electron chi connectivity index (χ2n) is 6.09. The summed E-state index contributed by atoms with van der Waals surface area (Å²) in [6.07, 6.45) is 1.60. The summed E-state index contributed by atoms with van der Waals surface area (Å²) in [5.41, 5.74) is 4.33. The Kier molecular flexibility index (Phi) is 5.47. The molecule has 3 aromatic rings. The van der Waals surface area contributed by atoms with Crippen LogP contribution in [0.4, 0.5) is 22.7 Å². The molecule has 136 valence electrons. The maximum atomic E-state index is 12.3. The Morgan fingerprint density at radius 3 is 2.33 bits per heavy atom. The summed E-state index contributed by atoms with van der Waals surface area (Å²) >= 11 is 0. The molecule has 0 bridgehead atoms. The van der Waals surface area contributed by atoms with Gasteiger partial charge in [-0.15, -0.1) is 0 Å². The number of amides is 2. The topological polar surface area (TPSA) is 83.1 Å². The van der Waals surface area contributed by atoms with Gasteiger partial charge >= 0.3 is 0 Å². The van der Waals surface area contributed by atoms with E-state index in [0.29, 0.717) is 11.4 Å². The Morgan fingerprint density at radius 1 is 0.852 bits per heavy atom. The van der Waals surface area contributed by atoms with E-state index >= 15 is 0 Å². The summed E-state index contributed by atoms with van der Waals surface area (Å²) < 4.78 is 0. The summed E-state index contributed by atoms with van der Waals surface area (Å²) in [7, 11) is 0. The van der Waals surface area contributed by atoms with Crippen molar-refractivity contribution in [3.05, 3.63) is 78.1 Å². The summed E-state index contributed by atoms with van der Waals surface area (Å²) in [4.78, 5) is 27.7. The van der Waals surface area contributed by atoms with Crippen molar-refractivity contribution < 1.29 is 9.59 Å². The molecule has 27 heavy (non-hydrogen) atoms. The molecular formula is C21H20N4O2. The van der Waals surface area contributed by atoms with Crippen LogP contribution in [0.1, 0.15) is 23.0 Å². The first-order valence-electron chi connectivity index (χ1n) is 8.49. The summed E-state index contributed by atoms with van der Waals surface area (Å²) in [6.45, 7) is 3.40. The van der Waals surface area contributed by atoms with Gasteiger partial charge in [-0.05, 0) is 48.9 Å². The van der Waals surface area contributed by atoms with E-state index in [1.54, 1.807) is 18.3 Å². The van der Waals surface area contributed by atoms with Crippen LogP contribution in [0, 0.1) is 6.92 Å². The van der Waals surface area contributed by atoms with Gasteiger partial charge in [-0.2, -0.15) is 0 Å². The lowest BCUT2D eigenvalue weighted by molar-refractivity contribution is -0.114. The fourth-order valence-electron chi connectivity index (χ4n) is 2.55. The molecule has 0 atom stereocenters. The van der Waals surface area contributed by atoms with E-state index in [2.05, 4.69) is 20.9 Å². The zero-order valence-corrected chi connectivity index (χ0v) is 15.1. The Morgan fingerprint density at radius 2 is 1.63 bits per heavy atom. The van der Waals surface area contributed by atoms with Gasteiger partial charge in [0.25, 0.3) is 5.91 Å². The third-order valence-corrected chi connectivity index (χ3v) is 3.86. The lowest BCUT2D eigenvalue weighted by Gasteiger charge is -2.10. The van der Waals surface area contributed by atoms with Crippen LogP contribution in [-0.4, -0.2) is 16.8 Å². The SMILES string of the molecule is CC(=O)Nc1cccc(Nc2ccc(C(=O)Nc3ccccc3C)nc2)c1. The molecule has 2 amide bonds. The van der Waals surface area contributed by atoms with Crippen molar-refractivity contribution in [1.82, 2.24) is 4.98 Å². The van der Waals surface area contributed by atoms with Crippen molar-refractivity contribution in [2.75, 3.05) is 16.0 Å². The van der Waals surface area contributed by atoms with E-state index < -0.39 is 0 Å². The van der Waals surface area contributed by atoms with E-state index in [9.17, 15) is 9.59 Å². The molecule has 0 saturated heterocycles. The molecule has 0 fully saturated rings. The number of para-hydroxylation sites is 1. The van der Waals surface area contributed by atoms with Gasteiger partial charge in [0.15, 0.2) is 0 Å². The maximum absolute atomic E-state index is 12.3. The van der Waals surface area contributed by atoms with Crippen LogP contribution in [0.25, 0.3) is 0 Å². The predicted molar refractivity (Wildman–Crippen MR) is 107 cm³/mol. The van der Waals surface area contributed by atoms with Gasteiger partial charge in [-0.25, -0.2) is 4.98 Å². The van der Waals surface area contributed by atoms with Crippen LogP contribution in [0.15, 0.2) is 66.9 Å². The zero-order chi connectivity index (χ0) is 19.2. The van der Waals surface area contributed by atoms with Gasteiger partial charge in [-0.3, -0.25) is 9.59 Å². The van der Waals surface area contributed by atoms with Gasteiger partial charge in [0.05, 0.1) is 11.9 Å². The van der Waals surface area contributed by atoms with Crippen LogP contribution in [0.3, 0.4) is 0 Å². The maximum Gasteiger partial charge on any atom is 0.274 e. The normalized spacial score (nSPS) is 10.1. The Balaban J connectivity index is 1.67. The second-order valence-corrected chi connectivity index (χ2v) is 6.09. The molecule has 0 unspecified atom stereocenters. The number of rotatable bonds is 5. The largest absolute Gasteiger partial charge is 0.354 e. The number of anilines is 4. The van der Waals surface area contributed by atoms with Crippen molar-refractivity contribution in [2.24, 2.45) is 0 Å².